The number of aromatic carboxylic acids is 1. The molecule has 0 radical (unpaired) electrons. The van der Waals surface area contributed by atoms with E-state index in [0.29, 0.717) is 0 Å². The molecular weight excluding hydrogens is 313 g/mol. The van der Waals surface area contributed by atoms with E-state index in [1.165, 1.54) is 12.3 Å². The number of aromatic nitrogens is 2. The fourth-order valence-corrected chi connectivity index (χ4v) is 2.71. The van der Waals surface area contributed by atoms with Gasteiger partial charge in [-0.15, -0.1) is 0 Å². The Morgan fingerprint density at radius 1 is 1.30 bits per heavy atom. The number of carboxylic acids is 1. The number of carboxylic acid groups (broad SMARTS) is 1. The predicted octanol–water partition coefficient (Wildman–Crippen LogP) is 3.87. The second kappa shape index (κ2) is 5.68. The fourth-order valence-electron chi connectivity index (χ4n) is 2.71. The van der Waals surface area contributed by atoms with Crippen LogP contribution in [0.25, 0.3) is 11.3 Å². The molecule has 0 bridgehead atoms. The van der Waals surface area contributed by atoms with Crippen molar-refractivity contribution in [2.45, 2.75) is 37.5 Å². The van der Waals surface area contributed by atoms with Crippen molar-refractivity contribution in [2.24, 2.45) is 0 Å². The Labute approximate surface area is 129 Å². The topological polar surface area (TPSA) is 76.2 Å². The first-order valence-corrected chi connectivity index (χ1v) is 7.09. The molecule has 0 saturated heterocycles. The predicted molar refractivity (Wildman–Crippen MR) is 72.8 cm³/mol. The van der Waals surface area contributed by atoms with E-state index in [4.69, 9.17) is 9.63 Å². The Bertz CT molecular complexity index is 735. The fraction of sp³-hybridized carbons (Fsp3) is 0.400. The van der Waals surface area contributed by atoms with Gasteiger partial charge in [0, 0.05) is 36.6 Å². The zero-order chi connectivity index (χ0) is 16.6. The van der Waals surface area contributed by atoms with Crippen LogP contribution in [0.1, 0.15) is 47.8 Å². The number of alkyl halides is 2. The molecule has 1 fully saturated rings. The van der Waals surface area contributed by atoms with Crippen LogP contribution in [0.3, 0.4) is 0 Å². The van der Waals surface area contributed by atoms with E-state index in [2.05, 4.69) is 10.1 Å². The highest BCUT2D eigenvalue weighted by atomic mass is 19.3. The summed E-state index contributed by atoms with van der Waals surface area (Å²) in [6.45, 7) is 0. The number of hydrogen-bond donors (Lipinski definition) is 1. The van der Waals surface area contributed by atoms with Crippen LogP contribution in [0.2, 0.25) is 0 Å². The monoisotopic (exact) mass is 326 g/mol. The molecule has 1 aliphatic carbocycles. The van der Waals surface area contributed by atoms with E-state index in [1.54, 1.807) is 0 Å². The number of carbonyl (C=O) groups is 1. The number of pyridine rings is 1. The molecule has 23 heavy (non-hydrogen) atoms. The molecule has 2 aromatic heterocycles. The van der Waals surface area contributed by atoms with Gasteiger partial charge in [0.05, 0.1) is 5.69 Å². The Morgan fingerprint density at radius 3 is 2.57 bits per heavy atom. The lowest BCUT2D eigenvalue weighted by Gasteiger charge is -2.28. The number of rotatable bonds is 3. The molecule has 0 spiro atoms. The van der Waals surface area contributed by atoms with Crippen LogP contribution >= 0.6 is 0 Å². The highest BCUT2D eigenvalue weighted by Crippen LogP contribution is 2.41. The number of halogens is 3. The van der Waals surface area contributed by atoms with Crippen LogP contribution in [0.15, 0.2) is 22.9 Å². The summed E-state index contributed by atoms with van der Waals surface area (Å²) in [5.41, 5.74) is 0.105. The second-order valence-corrected chi connectivity index (χ2v) is 5.60. The van der Waals surface area contributed by atoms with E-state index in [9.17, 15) is 18.0 Å². The van der Waals surface area contributed by atoms with Gasteiger partial charge in [-0.2, -0.15) is 0 Å². The summed E-state index contributed by atoms with van der Waals surface area (Å²) in [7, 11) is 0. The van der Waals surface area contributed by atoms with Crippen molar-refractivity contribution >= 4 is 5.97 Å². The van der Waals surface area contributed by atoms with Gasteiger partial charge in [0.25, 0.3) is 0 Å². The van der Waals surface area contributed by atoms with E-state index >= 15 is 0 Å². The summed E-state index contributed by atoms with van der Waals surface area (Å²) in [5, 5.41) is 12.1. The van der Waals surface area contributed by atoms with Crippen LogP contribution in [0.4, 0.5) is 13.2 Å². The summed E-state index contributed by atoms with van der Waals surface area (Å²) in [5.74, 6) is -4.82. The van der Waals surface area contributed by atoms with Crippen LogP contribution in [-0.4, -0.2) is 27.1 Å². The van der Waals surface area contributed by atoms with E-state index in [1.807, 2.05) is 0 Å². The maximum absolute atomic E-state index is 14.2. The normalized spacial score (nSPS) is 18.0. The summed E-state index contributed by atoms with van der Waals surface area (Å²) in [6.07, 6.45) is 1.15. The van der Waals surface area contributed by atoms with Gasteiger partial charge in [0.15, 0.2) is 11.5 Å². The molecule has 1 saturated carbocycles. The highest BCUT2D eigenvalue weighted by Gasteiger charge is 2.36. The Morgan fingerprint density at radius 2 is 2.00 bits per heavy atom. The molecule has 122 valence electrons. The van der Waals surface area contributed by atoms with Gasteiger partial charge in [0.1, 0.15) is 5.82 Å². The van der Waals surface area contributed by atoms with Crippen LogP contribution in [0, 0.1) is 5.82 Å². The third-order valence-electron chi connectivity index (χ3n) is 3.99. The summed E-state index contributed by atoms with van der Waals surface area (Å²) < 4.78 is 45.4. The van der Waals surface area contributed by atoms with Gasteiger partial charge in [-0.25, -0.2) is 18.0 Å². The number of nitrogens with zero attached hydrogens (tertiary/aromatic N) is 2. The van der Waals surface area contributed by atoms with Crippen LogP contribution < -0.4 is 0 Å². The quantitative estimate of drug-likeness (QED) is 0.926. The zero-order valence-corrected chi connectivity index (χ0v) is 11.9. The molecule has 5 nitrogen and oxygen atoms in total. The molecule has 0 atom stereocenters. The van der Waals surface area contributed by atoms with Gasteiger partial charge in [-0.05, 0) is 18.9 Å². The maximum atomic E-state index is 14.2. The summed E-state index contributed by atoms with van der Waals surface area (Å²) in [4.78, 5) is 14.8. The van der Waals surface area contributed by atoms with Crippen molar-refractivity contribution in [1.29, 1.82) is 0 Å². The smallest absolute Gasteiger partial charge is 0.358 e. The van der Waals surface area contributed by atoms with Crippen molar-refractivity contribution < 1.29 is 27.6 Å². The SMILES string of the molecule is O=C(O)c1cc(-c2cnc(C3CCC(F)(F)CC3)c(F)c2)on1. The van der Waals surface area contributed by atoms with Gasteiger partial charge < -0.3 is 9.63 Å². The highest BCUT2D eigenvalue weighted by molar-refractivity contribution is 5.86. The van der Waals surface area contributed by atoms with Crippen molar-refractivity contribution in [3.63, 3.8) is 0 Å². The molecule has 1 aliphatic rings. The summed E-state index contributed by atoms with van der Waals surface area (Å²) in [6, 6.07) is 2.32. The molecule has 0 unspecified atom stereocenters. The molecule has 8 heteroatoms. The Balaban J connectivity index is 1.82. The molecule has 2 aromatic rings. The zero-order valence-electron chi connectivity index (χ0n) is 11.9. The van der Waals surface area contributed by atoms with Crippen LogP contribution in [-0.2, 0) is 0 Å². The lowest BCUT2D eigenvalue weighted by atomic mass is 9.84. The van der Waals surface area contributed by atoms with Crippen molar-refractivity contribution in [3.8, 4) is 11.3 Å². The van der Waals surface area contributed by atoms with E-state index < -0.39 is 17.7 Å². The largest absolute Gasteiger partial charge is 0.476 e. The van der Waals surface area contributed by atoms with Crippen molar-refractivity contribution in [1.82, 2.24) is 10.1 Å². The first-order chi connectivity index (χ1) is 10.9. The van der Waals surface area contributed by atoms with Crippen molar-refractivity contribution in [2.75, 3.05) is 0 Å². The van der Waals surface area contributed by atoms with Gasteiger partial charge >= 0.3 is 5.97 Å². The molecule has 0 aromatic carbocycles. The lowest BCUT2D eigenvalue weighted by Crippen LogP contribution is -2.24. The minimum absolute atomic E-state index is 0.0792. The standard InChI is InChI=1S/C15H13F3N2O3/c16-10-5-9(12-6-11(14(21)22)20-23-12)7-19-13(10)8-1-3-15(17,18)4-2-8/h5-8H,1-4H2,(H,21,22). The molecule has 2 heterocycles. The number of hydrogen-bond acceptors (Lipinski definition) is 4. The molecular formula is C15H13F3N2O3. The first-order valence-electron chi connectivity index (χ1n) is 7.09. The summed E-state index contributed by atoms with van der Waals surface area (Å²) >= 11 is 0. The molecule has 0 aliphatic heterocycles. The Kier molecular flexibility index (Phi) is 3.83. The molecule has 0 amide bonds. The minimum atomic E-state index is -2.68. The Hall–Kier alpha value is -2.38. The third kappa shape index (κ3) is 3.20. The van der Waals surface area contributed by atoms with Gasteiger partial charge in [0.2, 0.25) is 5.92 Å². The average molecular weight is 326 g/mol. The lowest BCUT2D eigenvalue weighted by molar-refractivity contribution is -0.0387. The van der Waals surface area contributed by atoms with Gasteiger partial charge in [-0.3, -0.25) is 4.98 Å². The molecule has 3 rings (SSSR count). The van der Waals surface area contributed by atoms with Gasteiger partial charge in [-0.1, -0.05) is 5.16 Å². The second-order valence-electron chi connectivity index (χ2n) is 5.60. The average Bonchev–Trinajstić information content (AvgIpc) is 2.98. The van der Waals surface area contributed by atoms with Crippen LogP contribution in [0.5, 0.6) is 0 Å². The molecule has 1 N–H and O–H groups in total. The maximum Gasteiger partial charge on any atom is 0.358 e. The van der Waals surface area contributed by atoms with Crippen molar-refractivity contribution in [3.05, 3.63) is 35.5 Å². The third-order valence-corrected chi connectivity index (χ3v) is 3.99. The minimum Gasteiger partial charge on any atom is -0.476 e. The van der Waals surface area contributed by atoms with E-state index in [-0.39, 0.29) is 54.3 Å². The first kappa shape index (κ1) is 15.5. The van der Waals surface area contributed by atoms with E-state index in [0.717, 1.165) is 6.07 Å².